The van der Waals surface area contributed by atoms with E-state index in [-0.39, 0.29) is 18.0 Å². The van der Waals surface area contributed by atoms with Crippen molar-refractivity contribution in [2.24, 2.45) is 4.99 Å². The highest BCUT2D eigenvalue weighted by Gasteiger charge is 2.14. The van der Waals surface area contributed by atoms with Gasteiger partial charge in [-0.3, -0.25) is 4.79 Å². The second-order valence-corrected chi connectivity index (χ2v) is 7.25. The molecule has 5 nitrogen and oxygen atoms in total. The Labute approximate surface area is 172 Å². The molecule has 2 aromatic carbocycles. The molecule has 2 aromatic heterocycles. The Hall–Kier alpha value is -3.31. The van der Waals surface area contributed by atoms with Crippen LogP contribution in [0, 0.1) is 13.8 Å². The van der Waals surface area contributed by atoms with Crippen LogP contribution in [0.1, 0.15) is 27.2 Å². The molecule has 4 aromatic rings. The molecule has 6 heteroatoms. The summed E-state index contributed by atoms with van der Waals surface area (Å²) in [5, 5.41) is 4.13. The maximum Gasteiger partial charge on any atom is 0.257 e. The Morgan fingerprint density at radius 1 is 1.10 bits per heavy atom. The number of carbonyl (C=O) groups is 1. The Morgan fingerprint density at radius 3 is 2.76 bits per heavy atom. The zero-order valence-corrected chi connectivity index (χ0v) is 16.8. The third-order valence-corrected chi connectivity index (χ3v) is 4.78. The van der Waals surface area contributed by atoms with Crippen molar-refractivity contribution in [3.8, 4) is 0 Å². The van der Waals surface area contributed by atoms with E-state index in [2.05, 4.69) is 10.3 Å². The first kappa shape index (κ1) is 19.0. The van der Waals surface area contributed by atoms with Gasteiger partial charge in [-0.05, 0) is 67.4 Å². The Balaban J connectivity index is 1.83. The molecule has 2 heterocycles. The molecule has 0 saturated heterocycles. The molecule has 1 amide bonds. The van der Waals surface area contributed by atoms with Crippen LogP contribution in [0.15, 0.2) is 74.7 Å². The van der Waals surface area contributed by atoms with Gasteiger partial charge in [0.15, 0.2) is 0 Å². The number of carbonyl (C=O) groups excluding carboxylic acids is 1. The van der Waals surface area contributed by atoms with Crippen LogP contribution in [0.5, 0.6) is 0 Å². The van der Waals surface area contributed by atoms with Crippen molar-refractivity contribution < 1.29 is 13.6 Å². The highest BCUT2D eigenvalue weighted by molar-refractivity contribution is 6.31. The minimum atomic E-state index is -0.309. The minimum Gasteiger partial charge on any atom is -0.467 e. The fraction of sp³-hybridized carbons (Fsp3) is 0.130. The van der Waals surface area contributed by atoms with Crippen LogP contribution in [-0.2, 0) is 6.54 Å². The quantitative estimate of drug-likeness (QED) is 0.489. The first-order chi connectivity index (χ1) is 14.0. The van der Waals surface area contributed by atoms with E-state index in [4.69, 9.17) is 20.4 Å². The second-order valence-electron chi connectivity index (χ2n) is 6.81. The largest absolute Gasteiger partial charge is 0.467 e. The molecule has 0 aliphatic heterocycles. The molecule has 146 valence electrons. The summed E-state index contributed by atoms with van der Waals surface area (Å²) in [4.78, 5) is 17.6. The number of halogens is 1. The van der Waals surface area contributed by atoms with E-state index < -0.39 is 0 Å². The number of rotatable bonds is 4. The fourth-order valence-corrected chi connectivity index (χ4v) is 3.15. The molecule has 29 heavy (non-hydrogen) atoms. The maximum atomic E-state index is 12.9. The fourth-order valence-electron chi connectivity index (χ4n) is 2.97. The van der Waals surface area contributed by atoms with Crippen molar-refractivity contribution in [1.82, 2.24) is 5.32 Å². The van der Waals surface area contributed by atoms with Gasteiger partial charge in [-0.1, -0.05) is 23.7 Å². The molecule has 0 atom stereocenters. The van der Waals surface area contributed by atoms with Crippen LogP contribution in [0.2, 0.25) is 5.02 Å². The lowest BCUT2D eigenvalue weighted by Gasteiger charge is -2.07. The summed E-state index contributed by atoms with van der Waals surface area (Å²) < 4.78 is 11.3. The summed E-state index contributed by atoms with van der Waals surface area (Å²) in [6.07, 6.45) is 1.57. The maximum absolute atomic E-state index is 12.9. The van der Waals surface area contributed by atoms with Gasteiger partial charge in [0.25, 0.3) is 5.91 Å². The molecule has 0 spiro atoms. The van der Waals surface area contributed by atoms with E-state index >= 15 is 0 Å². The second kappa shape index (κ2) is 7.97. The number of nitrogens with one attached hydrogen (secondary N) is 1. The average molecular weight is 407 g/mol. The summed E-state index contributed by atoms with van der Waals surface area (Å²) in [5.41, 5.74) is 3.98. The predicted molar refractivity (Wildman–Crippen MR) is 112 cm³/mol. The molecule has 1 N–H and O–H groups in total. The third-order valence-electron chi connectivity index (χ3n) is 4.54. The number of nitrogens with zero attached hydrogens (tertiary/aromatic N) is 1. The number of amides is 1. The van der Waals surface area contributed by atoms with Crippen molar-refractivity contribution in [1.29, 1.82) is 0 Å². The van der Waals surface area contributed by atoms with Crippen LogP contribution in [0.25, 0.3) is 11.0 Å². The lowest BCUT2D eigenvalue weighted by molar-refractivity contribution is 0.0944. The van der Waals surface area contributed by atoms with Crippen LogP contribution >= 0.6 is 11.6 Å². The van der Waals surface area contributed by atoms with Gasteiger partial charge in [0.1, 0.15) is 16.9 Å². The molecule has 0 unspecified atom stereocenters. The van der Waals surface area contributed by atoms with Crippen molar-refractivity contribution in [3.05, 3.63) is 93.9 Å². The van der Waals surface area contributed by atoms with Gasteiger partial charge in [0.05, 0.1) is 18.5 Å². The first-order valence-corrected chi connectivity index (χ1v) is 9.53. The predicted octanol–water partition coefficient (Wildman–Crippen LogP) is 5.46. The summed E-state index contributed by atoms with van der Waals surface area (Å²) in [6.45, 7) is 4.23. The summed E-state index contributed by atoms with van der Waals surface area (Å²) in [6, 6.07) is 16.5. The van der Waals surface area contributed by atoms with E-state index in [0.29, 0.717) is 21.9 Å². The SMILES string of the molecule is Cc1ccc(C)c(N=c2oc3ccc(Cl)cc3cc2C(=O)NCc2ccco2)c1. The van der Waals surface area contributed by atoms with Crippen molar-refractivity contribution in [2.45, 2.75) is 20.4 Å². The normalized spacial score (nSPS) is 11.8. The number of hydrogen-bond donors (Lipinski definition) is 1. The average Bonchev–Trinajstić information content (AvgIpc) is 3.22. The lowest BCUT2D eigenvalue weighted by atomic mass is 10.1. The van der Waals surface area contributed by atoms with E-state index in [1.165, 1.54) is 0 Å². The van der Waals surface area contributed by atoms with Gasteiger partial charge in [0, 0.05) is 10.4 Å². The third kappa shape index (κ3) is 4.25. The number of benzene rings is 2. The Kier molecular flexibility index (Phi) is 5.23. The van der Waals surface area contributed by atoms with Crippen molar-refractivity contribution in [2.75, 3.05) is 0 Å². The molecule has 4 rings (SSSR count). The van der Waals surface area contributed by atoms with E-state index in [1.807, 2.05) is 32.0 Å². The van der Waals surface area contributed by atoms with Crippen molar-refractivity contribution >= 4 is 34.2 Å². The molecular weight excluding hydrogens is 388 g/mol. The van der Waals surface area contributed by atoms with Crippen LogP contribution in [-0.4, -0.2) is 5.91 Å². The highest BCUT2D eigenvalue weighted by atomic mass is 35.5. The first-order valence-electron chi connectivity index (χ1n) is 9.15. The standard InChI is InChI=1S/C23H19ClN2O3/c1-14-5-6-15(2)20(10-14)26-23-19(22(27)25-13-18-4-3-9-28-18)12-16-11-17(24)7-8-21(16)29-23/h3-12H,13H2,1-2H3,(H,25,27). The number of hydrogen-bond acceptors (Lipinski definition) is 4. The highest BCUT2D eigenvalue weighted by Crippen LogP contribution is 2.22. The van der Waals surface area contributed by atoms with Gasteiger partial charge < -0.3 is 14.2 Å². The van der Waals surface area contributed by atoms with Crippen LogP contribution in [0.3, 0.4) is 0 Å². The minimum absolute atomic E-state index is 0.241. The molecule has 0 radical (unpaired) electrons. The van der Waals surface area contributed by atoms with E-state index in [1.54, 1.807) is 42.7 Å². The topological polar surface area (TPSA) is 67.7 Å². The van der Waals surface area contributed by atoms with Gasteiger partial charge in [-0.2, -0.15) is 0 Å². The van der Waals surface area contributed by atoms with Crippen LogP contribution in [0.4, 0.5) is 5.69 Å². The molecule has 0 fully saturated rings. The number of furan rings is 1. The smallest absolute Gasteiger partial charge is 0.257 e. The van der Waals surface area contributed by atoms with Gasteiger partial charge in [-0.15, -0.1) is 0 Å². The summed E-state index contributed by atoms with van der Waals surface area (Å²) in [5.74, 6) is 0.350. The molecule has 0 bridgehead atoms. The Bertz CT molecular complexity index is 1260. The monoisotopic (exact) mass is 406 g/mol. The van der Waals surface area contributed by atoms with Gasteiger partial charge in [0.2, 0.25) is 5.55 Å². The van der Waals surface area contributed by atoms with E-state index in [9.17, 15) is 4.79 Å². The van der Waals surface area contributed by atoms with Crippen LogP contribution < -0.4 is 10.9 Å². The number of aryl methyl sites for hydroxylation is 2. The van der Waals surface area contributed by atoms with E-state index in [0.717, 1.165) is 22.2 Å². The lowest BCUT2D eigenvalue weighted by Crippen LogP contribution is -2.28. The molecule has 0 aliphatic carbocycles. The zero-order chi connectivity index (χ0) is 20.4. The molecule has 0 saturated carbocycles. The zero-order valence-electron chi connectivity index (χ0n) is 16.0. The summed E-state index contributed by atoms with van der Waals surface area (Å²) >= 11 is 6.11. The molecule has 0 aliphatic rings. The van der Waals surface area contributed by atoms with Crippen molar-refractivity contribution in [3.63, 3.8) is 0 Å². The molecular formula is C23H19ClN2O3. The Morgan fingerprint density at radius 2 is 1.97 bits per heavy atom. The summed E-state index contributed by atoms with van der Waals surface area (Å²) in [7, 11) is 0. The number of fused-ring (bicyclic) bond motifs is 1. The van der Waals surface area contributed by atoms with Gasteiger partial charge in [-0.25, -0.2) is 4.99 Å². The van der Waals surface area contributed by atoms with Gasteiger partial charge >= 0.3 is 0 Å².